The first kappa shape index (κ1) is 20.8. The van der Waals surface area contributed by atoms with E-state index in [1.165, 1.54) is 18.3 Å². The van der Waals surface area contributed by atoms with Gasteiger partial charge in [-0.05, 0) is 17.7 Å². The molecule has 4 rings (SSSR count). The summed E-state index contributed by atoms with van der Waals surface area (Å²) >= 11 is 6.30. The van der Waals surface area contributed by atoms with Gasteiger partial charge in [0.05, 0.1) is 28.5 Å². The van der Waals surface area contributed by atoms with Crippen LogP contribution in [-0.2, 0) is 0 Å². The van der Waals surface area contributed by atoms with Crippen LogP contribution in [0.15, 0.2) is 41.6 Å². The zero-order chi connectivity index (χ0) is 22.0. The molecule has 158 valence electrons. The highest BCUT2D eigenvalue weighted by atomic mass is 35.5. The van der Waals surface area contributed by atoms with Gasteiger partial charge >= 0.3 is 0 Å². The Bertz CT molecular complexity index is 1200. The Morgan fingerprint density at radius 1 is 1.23 bits per heavy atom. The van der Waals surface area contributed by atoms with Crippen molar-refractivity contribution in [3.63, 3.8) is 0 Å². The number of benzene rings is 1. The first-order valence-corrected chi connectivity index (χ1v) is 9.84. The van der Waals surface area contributed by atoms with Crippen LogP contribution in [0.5, 0.6) is 5.75 Å². The third-order valence-corrected chi connectivity index (χ3v) is 5.28. The molecule has 1 aliphatic heterocycles. The van der Waals surface area contributed by atoms with Crippen molar-refractivity contribution in [3.8, 4) is 22.9 Å². The van der Waals surface area contributed by atoms with Gasteiger partial charge in [-0.3, -0.25) is 4.79 Å². The minimum absolute atomic E-state index is 0.0974. The second-order valence-electron chi connectivity index (χ2n) is 6.98. The standard InChI is InChI=1S/C21H16ClF2N5O2/c22-16-11-26-20(30)18(12-1-2-13(8-25)17(24)7-12)19(16)31-15-3-5-29(6-4-15)21-27-9-14(23)10-28-21/h1-2,7,9-11,15H,3-6H2,(H,26,30). The number of aromatic amines is 1. The van der Waals surface area contributed by atoms with Crippen LogP contribution in [0.1, 0.15) is 18.4 Å². The molecular weight excluding hydrogens is 428 g/mol. The second kappa shape index (κ2) is 8.70. The molecule has 0 amide bonds. The molecule has 10 heteroatoms. The quantitative estimate of drug-likeness (QED) is 0.661. The summed E-state index contributed by atoms with van der Waals surface area (Å²) in [4.78, 5) is 24.9. The highest BCUT2D eigenvalue weighted by Crippen LogP contribution is 2.35. The summed E-state index contributed by atoms with van der Waals surface area (Å²) in [5.74, 6) is -0.649. The van der Waals surface area contributed by atoms with Crippen molar-refractivity contribution in [3.05, 3.63) is 69.4 Å². The Hall–Kier alpha value is -3.51. The van der Waals surface area contributed by atoms with Crippen LogP contribution >= 0.6 is 11.6 Å². The van der Waals surface area contributed by atoms with Crippen LogP contribution < -0.4 is 15.2 Å². The number of nitrogens with zero attached hydrogens (tertiary/aromatic N) is 4. The average molecular weight is 444 g/mol. The Kier molecular flexibility index (Phi) is 5.82. The van der Waals surface area contributed by atoms with E-state index >= 15 is 0 Å². The second-order valence-corrected chi connectivity index (χ2v) is 7.39. The smallest absolute Gasteiger partial charge is 0.259 e. The topological polar surface area (TPSA) is 94.9 Å². The summed E-state index contributed by atoms with van der Waals surface area (Å²) in [7, 11) is 0. The number of halogens is 3. The molecule has 0 unspecified atom stereocenters. The van der Waals surface area contributed by atoms with Gasteiger partial charge in [0, 0.05) is 32.1 Å². The van der Waals surface area contributed by atoms with Crippen molar-refractivity contribution in [1.82, 2.24) is 15.0 Å². The van der Waals surface area contributed by atoms with Gasteiger partial charge in [0.2, 0.25) is 5.95 Å². The highest BCUT2D eigenvalue weighted by Gasteiger charge is 2.25. The van der Waals surface area contributed by atoms with Crippen LogP contribution in [-0.4, -0.2) is 34.1 Å². The van der Waals surface area contributed by atoms with E-state index < -0.39 is 17.2 Å². The summed E-state index contributed by atoms with van der Waals surface area (Å²) in [6, 6.07) is 5.64. The summed E-state index contributed by atoms with van der Waals surface area (Å²) in [5.41, 5.74) is -0.256. The molecule has 0 spiro atoms. The van der Waals surface area contributed by atoms with Gasteiger partial charge in [0.15, 0.2) is 11.6 Å². The average Bonchev–Trinajstić information content (AvgIpc) is 2.77. The molecule has 7 nitrogen and oxygen atoms in total. The number of aromatic nitrogens is 3. The van der Waals surface area contributed by atoms with E-state index in [9.17, 15) is 13.6 Å². The fourth-order valence-corrected chi connectivity index (χ4v) is 3.63. The van der Waals surface area contributed by atoms with Crippen LogP contribution in [0, 0.1) is 23.0 Å². The fourth-order valence-electron chi connectivity index (χ4n) is 3.44. The number of H-pyrrole nitrogens is 1. The van der Waals surface area contributed by atoms with E-state index in [0.29, 0.717) is 31.9 Å². The lowest BCUT2D eigenvalue weighted by Crippen LogP contribution is -2.39. The largest absolute Gasteiger partial charge is 0.488 e. The molecule has 1 fully saturated rings. The van der Waals surface area contributed by atoms with Crippen molar-refractivity contribution in [1.29, 1.82) is 5.26 Å². The molecule has 2 aromatic heterocycles. The molecular formula is C21H16ClF2N5O2. The van der Waals surface area contributed by atoms with Crippen LogP contribution in [0.2, 0.25) is 5.02 Å². The maximum absolute atomic E-state index is 14.1. The van der Waals surface area contributed by atoms with Crippen LogP contribution in [0.25, 0.3) is 11.1 Å². The third kappa shape index (κ3) is 4.34. The molecule has 0 aliphatic carbocycles. The predicted octanol–water partition coefficient (Wildman–Crippen LogP) is 3.68. The van der Waals surface area contributed by atoms with Gasteiger partial charge < -0.3 is 14.6 Å². The summed E-state index contributed by atoms with van der Waals surface area (Å²) in [6.07, 6.45) is 4.48. The molecule has 1 aliphatic rings. The zero-order valence-corrected chi connectivity index (χ0v) is 16.9. The molecule has 0 bridgehead atoms. The van der Waals surface area contributed by atoms with Crippen molar-refractivity contribution >= 4 is 17.5 Å². The Morgan fingerprint density at radius 2 is 1.94 bits per heavy atom. The Morgan fingerprint density at radius 3 is 2.58 bits per heavy atom. The van der Waals surface area contributed by atoms with Gasteiger partial charge in [-0.25, -0.2) is 18.7 Å². The Balaban J connectivity index is 1.56. The van der Waals surface area contributed by atoms with E-state index in [4.69, 9.17) is 21.6 Å². The molecule has 1 N–H and O–H groups in total. The van der Waals surface area contributed by atoms with E-state index in [1.54, 1.807) is 6.07 Å². The van der Waals surface area contributed by atoms with E-state index in [0.717, 1.165) is 18.5 Å². The minimum atomic E-state index is -0.738. The monoisotopic (exact) mass is 443 g/mol. The number of anilines is 1. The number of nitrogens with one attached hydrogen (secondary N) is 1. The summed E-state index contributed by atoms with van der Waals surface area (Å²) < 4.78 is 33.3. The molecule has 0 saturated carbocycles. The minimum Gasteiger partial charge on any atom is -0.488 e. The van der Waals surface area contributed by atoms with Gasteiger partial charge in [-0.2, -0.15) is 5.26 Å². The fraction of sp³-hybridized carbons (Fsp3) is 0.238. The molecule has 31 heavy (non-hydrogen) atoms. The van der Waals surface area contributed by atoms with E-state index in [2.05, 4.69) is 15.0 Å². The lowest BCUT2D eigenvalue weighted by Gasteiger charge is -2.32. The van der Waals surface area contributed by atoms with Gasteiger partial charge in [-0.1, -0.05) is 17.7 Å². The van der Waals surface area contributed by atoms with Gasteiger partial charge in [0.1, 0.15) is 18.0 Å². The van der Waals surface area contributed by atoms with E-state index in [-0.39, 0.29) is 33.6 Å². The van der Waals surface area contributed by atoms with Gasteiger partial charge in [0.25, 0.3) is 5.56 Å². The third-order valence-electron chi connectivity index (χ3n) is 5.00. The van der Waals surface area contributed by atoms with Gasteiger partial charge in [-0.15, -0.1) is 0 Å². The summed E-state index contributed by atoms with van der Waals surface area (Å²) in [6.45, 7) is 1.13. The van der Waals surface area contributed by atoms with Crippen LogP contribution in [0.4, 0.5) is 14.7 Å². The number of hydrogen-bond donors (Lipinski definition) is 1. The lowest BCUT2D eigenvalue weighted by atomic mass is 10.0. The van der Waals surface area contributed by atoms with Crippen LogP contribution in [0.3, 0.4) is 0 Å². The van der Waals surface area contributed by atoms with Crippen molar-refractivity contribution < 1.29 is 13.5 Å². The number of hydrogen-bond acceptors (Lipinski definition) is 6. The van der Waals surface area contributed by atoms with Crippen molar-refractivity contribution in [2.24, 2.45) is 0 Å². The lowest BCUT2D eigenvalue weighted by molar-refractivity contribution is 0.171. The SMILES string of the molecule is N#Cc1ccc(-c2c(OC3CCN(c4ncc(F)cn4)CC3)c(Cl)c[nH]c2=O)cc1F. The Labute approximate surface area is 180 Å². The first-order chi connectivity index (χ1) is 15.0. The molecule has 3 heterocycles. The number of rotatable bonds is 4. The van der Waals surface area contributed by atoms with E-state index in [1.807, 2.05) is 4.90 Å². The van der Waals surface area contributed by atoms with Crippen molar-refractivity contribution in [2.75, 3.05) is 18.0 Å². The molecule has 0 atom stereocenters. The highest BCUT2D eigenvalue weighted by molar-refractivity contribution is 6.32. The molecule has 1 saturated heterocycles. The molecule has 3 aromatic rings. The normalized spacial score (nSPS) is 14.3. The predicted molar refractivity (Wildman–Crippen MR) is 110 cm³/mol. The molecule has 0 radical (unpaired) electrons. The summed E-state index contributed by atoms with van der Waals surface area (Å²) in [5, 5.41) is 9.12. The maximum Gasteiger partial charge on any atom is 0.259 e. The number of nitriles is 1. The first-order valence-electron chi connectivity index (χ1n) is 9.46. The molecule has 1 aromatic carbocycles. The van der Waals surface area contributed by atoms with Crippen molar-refractivity contribution in [2.45, 2.75) is 18.9 Å². The number of pyridine rings is 1. The maximum atomic E-state index is 14.1. The number of piperidine rings is 1. The number of ether oxygens (including phenoxy) is 1. The zero-order valence-electron chi connectivity index (χ0n) is 16.1.